The van der Waals surface area contributed by atoms with E-state index in [1.54, 1.807) is 36.7 Å². The smallest absolute Gasteiger partial charge is 0.133 e. The van der Waals surface area contributed by atoms with Gasteiger partial charge in [0.25, 0.3) is 0 Å². The fraction of sp³-hybridized carbons (Fsp3) is 0.118. The number of hydrogen-bond donors (Lipinski definition) is 1. The maximum Gasteiger partial charge on any atom is 0.133 e. The third kappa shape index (κ3) is 2.34. The van der Waals surface area contributed by atoms with E-state index in [0.29, 0.717) is 11.3 Å². The largest absolute Gasteiger partial charge is 0.496 e. The summed E-state index contributed by atoms with van der Waals surface area (Å²) in [6, 6.07) is 11.8. The zero-order chi connectivity index (χ0) is 14.8. The van der Waals surface area contributed by atoms with Crippen molar-refractivity contribution in [2.75, 3.05) is 7.11 Å². The first-order valence-electron chi connectivity index (χ1n) is 6.55. The van der Waals surface area contributed by atoms with Crippen molar-refractivity contribution in [3.8, 4) is 5.75 Å². The summed E-state index contributed by atoms with van der Waals surface area (Å²) in [6.45, 7) is 0. The van der Waals surface area contributed by atoms with E-state index < -0.39 is 11.9 Å². The Morgan fingerprint density at radius 1 is 1.14 bits per heavy atom. The monoisotopic (exact) mass is 283 g/mol. The molecule has 1 aromatic heterocycles. The highest BCUT2D eigenvalue weighted by Gasteiger charge is 2.21. The molecule has 0 radical (unpaired) electrons. The Bertz CT molecular complexity index is 783. The van der Waals surface area contributed by atoms with Crippen LogP contribution in [0, 0.1) is 5.82 Å². The molecule has 1 N–H and O–H groups in total. The van der Waals surface area contributed by atoms with Crippen LogP contribution >= 0.6 is 0 Å². The number of fused-ring (bicyclic) bond motifs is 1. The second kappa shape index (κ2) is 5.50. The van der Waals surface area contributed by atoms with Crippen LogP contribution in [0.4, 0.5) is 4.39 Å². The van der Waals surface area contributed by atoms with Gasteiger partial charge >= 0.3 is 0 Å². The van der Waals surface area contributed by atoms with Gasteiger partial charge in [-0.25, -0.2) is 4.39 Å². The maximum atomic E-state index is 14.1. The molecule has 0 amide bonds. The Morgan fingerprint density at radius 2 is 1.95 bits per heavy atom. The van der Waals surface area contributed by atoms with E-state index in [0.717, 1.165) is 10.8 Å². The lowest BCUT2D eigenvalue weighted by molar-refractivity contribution is 0.210. The molecular formula is C17H14FNO2. The van der Waals surface area contributed by atoms with Gasteiger partial charge in [-0.1, -0.05) is 24.3 Å². The van der Waals surface area contributed by atoms with Gasteiger partial charge in [0.1, 0.15) is 17.7 Å². The van der Waals surface area contributed by atoms with Crippen LogP contribution in [0.1, 0.15) is 17.2 Å². The number of aliphatic hydroxyl groups excluding tert-OH is 1. The Labute approximate surface area is 121 Å². The normalized spacial score (nSPS) is 12.3. The zero-order valence-corrected chi connectivity index (χ0v) is 11.5. The van der Waals surface area contributed by atoms with Crippen LogP contribution in [-0.2, 0) is 0 Å². The van der Waals surface area contributed by atoms with Crippen molar-refractivity contribution in [2.24, 2.45) is 0 Å². The molecule has 0 aliphatic carbocycles. The SMILES string of the molecule is COc1cccc(F)c1C(O)c1cccc2cnccc12. The van der Waals surface area contributed by atoms with Crippen molar-refractivity contribution in [1.29, 1.82) is 0 Å². The summed E-state index contributed by atoms with van der Waals surface area (Å²) < 4.78 is 19.3. The van der Waals surface area contributed by atoms with Crippen molar-refractivity contribution in [2.45, 2.75) is 6.10 Å². The molecule has 0 fully saturated rings. The third-order valence-corrected chi connectivity index (χ3v) is 3.52. The summed E-state index contributed by atoms with van der Waals surface area (Å²) in [4.78, 5) is 4.06. The number of nitrogens with zero attached hydrogens (tertiary/aromatic N) is 1. The summed E-state index contributed by atoms with van der Waals surface area (Å²) in [6.07, 6.45) is 2.26. The molecule has 0 saturated heterocycles. The number of halogens is 1. The molecule has 0 bridgehead atoms. The van der Waals surface area contributed by atoms with Crippen molar-refractivity contribution in [1.82, 2.24) is 4.98 Å². The van der Waals surface area contributed by atoms with Gasteiger partial charge in [0, 0.05) is 17.8 Å². The Hall–Kier alpha value is -2.46. The molecule has 0 saturated carbocycles. The van der Waals surface area contributed by atoms with Gasteiger partial charge in [-0.15, -0.1) is 0 Å². The van der Waals surface area contributed by atoms with E-state index in [1.165, 1.54) is 13.2 Å². The summed E-state index contributed by atoms with van der Waals surface area (Å²) in [5.41, 5.74) is 0.766. The quantitative estimate of drug-likeness (QED) is 0.800. The molecule has 21 heavy (non-hydrogen) atoms. The van der Waals surface area contributed by atoms with Crippen molar-refractivity contribution < 1.29 is 14.2 Å². The minimum Gasteiger partial charge on any atom is -0.496 e. The molecule has 4 heteroatoms. The van der Waals surface area contributed by atoms with Gasteiger partial charge in [0.15, 0.2) is 0 Å². The van der Waals surface area contributed by atoms with Gasteiger partial charge < -0.3 is 9.84 Å². The molecule has 3 nitrogen and oxygen atoms in total. The van der Waals surface area contributed by atoms with E-state index in [9.17, 15) is 9.50 Å². The molecule has 1 heterocycles. The summed E-state index contributed by atoms with van der Waals surface area (Å²) >= 11 is 0. The molecule has 3 rings (SSSR count). The van der Waals surface area contributed by atoms with Crippen molar-refractivity contribution >= 4 is 10.8 Å². The molecule has 0 aliphatic rings. The molecular weight excluding hydrogens is 269 g/mol. The number of methoxy groups -OCH3 is 1. The van der Waals surface area contributed by atoms with Crippen molar-refractivity contribution in [3.63, 3.8) is 0 Å². The minimum atomic E-state index is -1.10. The fourth-order valence-electron chi connectivity index (χ4n) is 2.50. The van der Waals surface area contributed by atoms with E-state index in [-0.39, 0.29) is 5.56 Å². The van der Waals surface area contributed by atoms with Crippen LogP contribution in [0.2, 0.25) is 0 Å². The summed E-state index contributed by atoms with van der Waals surface area (Å²) in [5.74, 6) is -0.165. The second-order valence-electron chi connectivity index (χ2n) is 4.70. The van der Waals surface area contributed by atoms with Gasteiger partial charge in [-0.05, 0) is 29.1 Å². The van der Waals surface area contributed by atoms with Crippen LogP contribution in [0.5, 0.6) is 5.75 Å². The Balaban J connectivity index is 2.20. The summed E-state index contributed by atoms with van der Waals surface area (Å²) in [5, 5.41) is 12.4. The lowest BCUT2D eigenvalue weighted by atomic mass is 9.96. The molecule has 3 aromatic rings. The standard InChI is InChI=1S/C17H14FNO2/c1-21-15-7-3-6-14(18)16(15)17(20)13-5-2-4-11-10-19-9-8-12(11)13/h2-10,17,20H,1H3. The Kier molecular flexibility index (Phi) is 3.54. The van der Waals surface area contributed by atoms with Crippen LogP contribution in [0.25, 0.3) is 10.8 Å². The first kappa shape index (κ1) is 13.5. The number of hydrogen-bond acceptors (Lipinski definition) is 3. The molecule has 1 atom stereocenters. The molecule has 1 unspecified atom stereocenters. The highest BCUT2D eigenvalue weighted by atomic mass is 19.1. The van der Waals surface area contributed by atoms with Crippen LogP contribution in [-0.4, -0.2) is 17.2 Å². The van der Waals surface area contributed by atoms with Crippen molar-refractivity contribution in [3.05, 3.63) is 71.8 Å². The van der Waals surface area contributed by atoms with Gasteiger partial charge in [-0.2, -0.15) is 0 Å². The van der Waals surface area contributed by atoms with Gasteiger partial charge in [0.2, 0.25) is 0 Å². The summed E-state index contributed by atoms with van der Waals surface area (Å²) in [7, 11) is 1.46. The minimum absolute atomic E-state index is 0.143. The second-order valence-corrected chi connectivity index (χ2v) is 4.70. The van der Waals surface area contributed by atoms with Gasteiger partial charge in [0.05, 0.1) is 12.7 Å². The van der Waals surface area contributed by atoms with Crippen LogP contribution in [0.3, 0.4) is 0 Å². The topological polar surface area (TPSA) is 42.4 Å². The highest BCUT2D eigenvalue weighted by Crippen LogP contribution is 2.35. The van der Waals surface area contributed by atoms with E-state index in [1.807, 2.05) is 12.1 Å². The average Bonchev–Trinajstić information content (AvgIpc) is 2.53. The predicted molar refractivity (Wildman–Crippen MR) is 78.8 cm³/mol. The predicted octanol–water partition coefficient (Wildman–Crippen LogP) is 3.46. The molecule has 106 valence electrons. The van der Waals surface area contributed by atoms with Crippen LogP contribution < -0.4 is 4.74 Å². The lowest BCUT2D eigenvalue weighted by Gasteiger charge is -2.17. The first-order valence-corrected chi connectivity index (χ1v) is 6.55. The van der Waals surface area contributed by atoms with Gasteiger partial charge in [-0.3, -0.25) is 4.98 Å². The first-order chi connectivity index (χ1) is 10.2. The number of ether oxygens (including phenoxy) is 1. The third-order valence-electron chi connectivity index (χ3n) is 3.52. The molecule has 2 aromatic carbocycles. The molecule has 0 aliphatic heterocycles. The lowest BCUT2D eigenvalue weighted by Crippen LogP contribution is -2.06. The van der Waals surface area contributed by atoms with E-state index in [4.69, 9.17) is 4.74 Å². The van der Waals surface area contributed by atoms with Crippen LogP contribution in [0.15, 0.2) is 54.9 Å². The maximum absolute atomic E-state index is 14.1. The van der Waals surface area contributed by atoms with E-state index in [2.05, 4.69) is 4.98 Å². The number of aliphatic hydroxyl groups is 1. The molecule has 0 spiro atoms. The number of pyridine rings is 1. The number of benzene rings is 2. The number of rotatable bonds is 3. The number of aromatic nitrogens is 1. The fourth-order valence-corrected chi connectivity index (χ4v) is 2.50. The highest BCUT2D eigenvalue weighted by molar-refractivity contribution is 5.85. The zero-order valence-electron chi connectivity index (χ0n) is 11.5. The Morgan fingerprint density at radius 3 is 2.76 bits per heavy atom. The average molecular weight is 283 g/mol. The van der Waals surface area contributed by atoms with E-state index >= 15 is 0 Å².